The highest BCUT2D eigenvalue weighted by atomic mass is 27.2. The molecule has 0 aromatic heterocycles. The van der Waals surface area contributed by atoms with E-state index in [1.807, 2.05) is 6.07 Å². The van der Waals surface area contributed by atoms with Crippen molar-refractivity contribution in [2.45, 2.75) is 75.8 Å². The standard InChI is InChI=1S/C10H21.C6H6O.C2H5.Al/c1-3-5-7-9-10-8-6-4-2;7-6-4-2-1-3-5-6;1-2;/h1,3-10H2,2H3;1-5,7H;1H2,2H3;/q;;;+1/p-1. The van der Waals surface area contributed by atoms with Crippen LogP contribution in [0.1, 0.15) is 65.2 Å². The van der Waals surface area contributed by atoms with Crippen LogP contribution in [0, 0.1) is 0 Å². The molecule has 0 N–H and O–H groups in total. The maximum absolute atomic E-state index is 6.16. The fraction of sp³-hybridized carbons (Fsp3) is 0.667. The summed E-state index contributed by atoms with van der Waals surface area (Å²) in [5, 5.41) is 2.58. The molecule has 112 valence electrons. The SMILES string of the molecule is CCCCCCCCC[CH2][Al]([CH2]C)[O]c1ccccc1. The monoisotopic (exact) mass is 290 g/mol. The van der Waals surface area contributed by atoms with E-state index in [1.54, 1.807) is 0 Å². The van der Waals surface area contributed by atoms with E-state index in [0.29, 0.717) is 0 Å². The first-order chi connectivity index (χ1) is 9.86. The molecule has 0 aliphatic carbocycles. The maximum Gasteiger partial charge on any atom is 0.546 e. The molecule has 0 unspecified atom stereocenters. The van der Waals surface area contributed by atoms with Gasteiger partial charge in [-0.05, 0) is 12.1 Å². The zero-order chi connectivity index (χ0) is 14.5. The first kappa shape index (κ1) is 17.6. The van der Waals surface area contributed by atoms with Crippen LogP contribution in [0.2, 0.25) is 10.6 Å². The predicted molar refractivity (Wildman–Crippen MR) is 90.7 cm³/mol. The average Bonchev–Trinajstić information content (AvgIpc) is 2.49. The van der Waals surface area contributed by atoms with Gasteiger partial charge < -0.3 is 3.79 Å². The van der Waals surface area contributed by atoms with E-state index in [1.165, 1.54) is 61.9 Å². The van der Waals surface area contributed by atoms with Crippen LogP contribution in [-0.2, 0) is 0 Å². The van der Waals surface area contributed by atoms with Gasteiger partial charge in [0.05, 0.1) is 5.75 Å². The zero-order valence-electron chi connectivity index (χ0n) is 13.4. The van der Waals surface area contributed by atoms with Gasteiger partial charge in [0.25, 0.3) is 0 Å². The summed E-state index contributed by atoms with van der Waals surface area (Å²) in [6, 6.07) is 10.3. The Kier molecular flexibility index (Phi) is 10.8. The van der Waals surface area contributed by atoms with Gasteiger partial charge in [-0.15, -0.1) is 0 Å². The molecule has 0 aliphatic rings. The molecule has 0 bridgehead atoms. The third-order valence-corrected chi connectivity index (χ3v) is 6.45. The van der Waals surface area contributed by atoms with Crippen LogP contribution in [0.15, 0.2) is 30.3 Å². The van der Waals surface area contributed by atoms with Crippen LogP contribution in [0.3, 0.4) is 0 Å². The van der Waals surface area contributed by atoms with Crippen LogP contribution in [0.5, 0.6) is 5.75 Å². The fourth-order valence-corrected chi connectivity index (χ4v) is 4.52. The smallest absolute Gasteiger partial charge is 0.546 e. The summed E-state index contributed by atoms with van der Waals surface area (Å²) in [6.45, 7) is 4.56. The Bertz CT molecular complexity index is 312. The lowest BCUT2D eigenvalue weighted by atomic mass is 10.1. The van der Waals surface area contributed by atoms with Crippen LogP contribution in [0.25, 0.3) is 0 Å². The number of unbranched alkanes of at least 4 members (excludes halogenated alkanes) is 7. The molecule has 0 radical (unpaired) electrons. The minimum Gasteiger partial charge on any atom is -0.643 e. The number of para-hydroxylation sites is 1. The zero-order valence-corrected chi connectivity index (χ0v) is 14.6. The maximum atomic E-state index is 6.16. The topological polar surface area (TPSA) is 9.23 Å². The molecule has 0 amide bonds. The first-order valence-electron chi connectivity index (χ1n) is 8.58. The summed E-state index contributed by atoms with van der Waals surface area (Å²) in [5.41, 5.74) is 0. The Labute approximate surface area is 130 Å². The van der Waals surface area contributed by atoms with E-state index < -0.39 is 14.5 Å². The van der Waals surface area contributed by atoms with Gasteiger partial charge in [-0.3, -0.25) is 0 Å². The van der Waals surface area contributed by atoms with Gasteiger partial charge in [0.2, 0.25) is 0 Å². The van der Waals surface area contributed by atoms with E-state index in [4.69, 9.17) is 3.79 Å². The summed E-state index contributed by atoms with van der Waals surface area (Å²) in [7, 11) is 0. The van der Waals surface area contributed by atoms with Crippen LogP contribution < -0.4 is 3.79 Å². The summed E-state index contributed by atoms with van der Waals surface area (Å²) >= 11 is -1.01. The van der Waals surface area contributed by atoms with Crippen molar-refractivity contribution in [3.05, 3.63) is 30.3 Å². The predicted octanol–water partition coefficient (Wildman–Crippen LogP) is 6.22. The molecular formula is C18H31AlO. The van der Waals surface area contributed by atoms with E-state index in [9.17, 15) is 0 Å². The van der Waals surface area contributed by atoms with Crippen molar-refractivity contribution < 1.29 is 3.79 Å². The molecular weight excluding hydrogens is 259 g/mol. The van der Waals surface area contributed by atoms with Crippen LogP contribution in [-0.4, -0.2) is 14.5 Å². The lowest BCUT2D eigenvalue weighted by Crippen LogP contribution is -2.20. The molecule has 1 aromatic carbocycles. The molecule has 0 fully saturated rings. The highest BCUT2D eigenvalue weighted by Gasteiger charge is 2.19. The number of hydrogen-bond donors (Lipinski definition) is 0. The second-order valence-electron chi connectivity index (χ2n) is 5.72. The third-order valence-electron chi connectivity index (χ3n) is 3.88. The van der Waals surface area contributed by atoms with E-state index >= 15 is 0 Å². The van der Waals surface area contributed by atoms with Gasteiger partial charge in [0.1, 0.15) is 0 Å². The molecule has 1 aromatic rings. The second-order valence-corrected chi connectivity index (χ2v) is 8.60. The number of hydrogen-bond acceptors (Lipinski definition) is 1. The fourth-order valence-electron chi connectivity index (χ4n) is 2.54. The molecule has 0 atom stereocenters. The second kappa shape index (κ2) is 12.3. The number of benzene rings is 1. The highest BCUT2D eigenvalue weighted by molar-refractivity contribution is 6.52. The molecule has 1 nitrogen and oxygen atoms in total. The van der Waals surface area contributed by atoms with Gasteiger partial charge in [-0.1, -0.05) is 94.0 Å². The van der Waals surface area contributed by atoms with Gasteiger partial charge in [-0.25, -0.2) is 0 Å². The minimum atomic E-state index is -1.01. The summed E-state index contributed by atoms with van der Waals surface area (Å²) in [4.78, 5) is 0. The minimum absolute atomic E-state index is 1.01. The normalized spacial score (nSPS) is 10.5. The summed E-state index contributed by atoms with van der Waals surface area (Å²) in [6.07, 6.45) is 11.2. The Balaban J connectivity index is 2.04. The Morgan fingerprint density at radius 1 is 0.800 bits per heavy atom. The molecule has 20 heavy (non-hydrogen) atoms. The third kappa shape index (κ3) is 8.67. The molecule has 0 aliphatic heterocycles. The molecule has 0 spiro atoms. The highest BCUT2D eigenvalue weighted by Crippen LogP contribution is 2.16. The van der Waals surface area contributed by atoms with Crippen LogP contribution >= 0.6 is 0 Å². The van der Waals surface area contributed by atoms with Gasteiger partial charge in [0, 0.05) is 0 Å². The van der Waals surface area contributed by atoms with Gasteiger partial charge in [-0.2, -0.15) is 0 Å². The molecule has 0 saturated carbocycles. The Morgan fingerprint density at radius 3 is 2.00 bits per heavy atom. The Hall–Kier alpha value is -0.448. The quantitative estimate of drug-likeness (QED) is 0.328. The van der Waals surface area contributed by atoms with Crippen molar-refractivity contribution in [2.75, 3.05) is 0 Å². The summed E-state index contributed by atoms with van der Waals surface area (Å²) < 4.78 is 6.16. The van der Waals surface area contributed by atoms with Crippen LogP contribution in [0.4, 0.5) is 0 Å². The molecule has 1 rings (SSSR count). The van der Waals surface area contributed by atoms with Crippen molar-refractivity contribution in [1.29, 1.82) is 0 Å². The van der Waals surface area contributed by atoms with E-state index in [2.05, 4.69) is 38.1 Å². The Morgan fingerprint density at radius 2 is 1.40 bits per heavy atom. The van der Waals surface area contributed by atoms with Crippen molar-refractivity contribution >= 4 is 14.5 Å². The lowest BCUT2D eigenvalue weighted by Gasteiger charge is -2.13. The first-order valence-corrected chi connectivity index (χ1v) is 10.7. The average molecular weight is 290 g/mol. The van der Waals surface area contributed by atoms with Gasteiger partial charge in [0.15, 0.2) is 0 Å². The van der Waals surface area contributed by atoms with E-state index in [0.717, 1.165) is 5.75 Å². The molecule has 0 heterocycles. The lowest BCUT2D eigenvalue weighted by molar-refractivity contribution is 0.548. The molecule has 0 saturated heterocycles. The van der Waals surface area contributed by atoms with E-state index in [-0.39, 0.29) is 0 Å². The van der Waals surface area contributed by atoms with Crippen molar-refractivity contribution in [3.63, 3.8) is 0 Å². The van der Waals surface area contributed by atoms with Crippen molar-refractivity contribution in [1.82, 2.24) is 0 Å². The van der Waals surface area contributed by atoms with Crippen molar-refractivity contribution in [3.8, 4) is 5.75 Å². The van der Waals surface area contributed by atoms with Crippen molar-refractivity contribution in [2.24, 2.45) is 0 Å². The molecule has 2 heteroatoms. The largest absolute Gasteiger partial charge is 0.643 e. The summed E-state index contributed by atoms with van der Waals surface area (Å²) in [5.74, 6) is 1.07. The number of rotatable bonds is 12. The van der Waals surface area contributed by atoms with Gasteiger partial charge >= 0.3 is 14.5 Å².